The fourth-order valence-electron chi connectivity index (χ4n) is 2.46. The van der Waals surface area contributed by atoms with Crippen molar-refractivity contribution in [2.45, 2.75) is 26.3 Å². The lowest BCUT2D eigenvalue weighted by Crippen LogP contribution is -2.38. The van der Waals surface area contributed by atoms with Crippen molar-refractivity contribution in [3.8, 4) is 0 Å². The molecule has 2 N–H and O–H groups in total. The molecule has 0 unspecified atom stereocenters. The third-order valence-electron chi connectivity index (χ3n) is 3.75. The first kappa shape index (κ1) is 20.7. The second kappa shape index (κ2) is 12.0. The van der Waals surface area contributed by atoms with Crippen LogP contribution in [0.2, 0.25) is 0 Å². The van der Waals surface area contributed by atoms with E-state index in [1.807, 2.05) is 18.4 Å². The molecule has 0 amide bonds. The number of halogens is 1. The van der Waals surface area contributed by atoms with Gasteiger partial charge in [-0.2, -0.15) is 0 Å². The summed E-state index contributed by atoms with van der Waals surface area (Å²) in [6.07, 6.45) is 2.38. The standard InChI is InChI=1S/C16H28N4OS.HI/c1-14-5-6-15(22-14)13-19-16(17-2)18-7-3-4-8-20-9-11-21-12-10-20;/h5-6H,3-4,7-13H2,1-2H3,(H2,17,18,19);1H. The van der Waals surface area contributed by atoms with Gasteiger partial charge in [-0.05, 0) is 38.4 Å². The lowest BCUT2D eigenvalue weighted by atomic mass is 10.3. The molecule has 0 atom stereocenters. The van der Waals surface area contributed by atoms with Crippen molar-refractivity contribution in [1.82, 2.24) is 15.5 Å². The third kappa shape index (κ3) is 8.32. The van der Waals surface area contributed by atoms with E-state index < -0.39 is 0 Å². The van der Waals surface area contributed by atoms with Gasteiger partial charge in [0.2, 0.25) is 0 Å². The Hall–Kier alpha value is -0.380. The van der Waals surface area contributed by atoms with Crippen molar-refractivity contribution in [2.24, 2.45) is 4.99 Å². The van der Waals surface area contributed by atoms with Crippen molar-refractivity contribution >= 4 is 41.3 Å². The molecule has 1 fully saturated rings. The van der Waals surface area contributed by atoms with Gasteiger partial charge in [0.25, 0.3) is 0 Å². The summed E-state index contributed by atoms with van der Waals surface area (Å²) in [6.45, 7) is 9.04. The Morgan fingerprint density at radius 1 is 1.26 bits per heavy atom. The van der Waals surface area contributed by atoms with E-state index in [1.165, 1.54) is 22.7 Å². The highest BCUT2D eigenvalue weighted by atomic mass is 127. The van der Waals surface area contributed by atoms with E-state index in [-0.39, 0.29) is 24.0 Å². The van der Waals surface area contributed by atoms with Crippen LogP contribution in [-0.2, 0) is 11.3 Å². The molecule has 1 saturated heterocycles. The number of hydrogen-bond acceptors (Lipinski definition) is 4. The summed E-state index contributed by atoms with van der Waals surface area (Å²) in [7, 11) is 1.82. The molecule has 2 heterocycles. The van der Waals surface area contributed by atoms with Gasteiger partial charge in [-0.3, -0.25) is 9.89 Å². The highest BCUT2D eigenvalue weighted by Crippen LogP contribution is 2.14. The number of nitrogens with one attached hydrogen (secondary N) is 2. The molecule has 5 nitrogen and oxygen atoms in total. The zero-order valence-corrected chi connectivity index (χ0v) is 17.3. The Labute approximate surface area is 160 Å². The molecule has 0 bridgehead atoms. The number of aryl methyl sites for hydroxylation is 1. The van der Waals surface area contributed by atoms with E-state index in [1.54, 1.807) is 0 Å². The summed E-state index contributed by atoms with van der Waals surface area (Å²) in [5.74, 6) is 0.887. The summed E-state index contributed by atoms with van der Waals surface area (Å²) < 4.78 is 5.36. The van der Waals surface area contributed by atoms with E-state index in [0.29, 0.717) is 0 Å². The molecule has 1 aliphatic rings. The van der Waals surface area contributed by atoms with E-state index in [9.17, 15) is 0 Å². The van der Waals surface area contributed by atoms with Crippen LogP contribution in [0.1, 0.15) is 22.6 Å². The molecule has 1 aromatic heterocycles. The van der Waals surface area contributed by atoms with Gasteiger partial charge >= 0.3 is 0 Å². The lowest BCUT2D eigenvalue weighted by molar-refractivity contribution is 0.0372. The number of guanidine groups is 1. The maximum atomic E-state index is 5.36. The summed E-state index contributed by atoms with van der Waals surface area (Å²) >= 11 is 1.83. The minimum atomic E-state index is 0. The van der Waals surface area contributed by atoms with Crippen molar-refractivity contribution in [3.63, 3.8) is 0 Å². The molecule has 0 saturated carbocycles. The van der Waals surface area contributed by atoms with Crippen LogP contribution in [0.15, 0.2) is 17.1 Å². The summed E-state index contributed by atoms with van der Waals surface area (Å²) in [4.78, 5) is 9.44. The number of hydrogen-bond donors (Lipinski definition) is 2. The largest absolute Gasteiger partial charge is 0.379 e. The first-order chi connectivity index (χ1) is 10.8. The van der Waals surface area contributed by atoms with Gasteiger partial charge in [-0.25, -0.2) is 0 Å². The van der Waals surface area contributed by atoms with Gasteiger partial charge in [-0.1, -0.05) is 0 Å². The van der Waals surface area contributed by atoms with Crippen molar-refractivity contribution in [1.29, 1.82) is 0 Å². The smallest absolute Gasteiger partial charge is 0.191 e. The van der Waals surface area contributed by atoms with Crippen molar-refractivity contribution in [3.05, 3.63) is 21.9 Å². The minimum absolute atomic E-state index is 0. The van der Waals surface area contributed by atoms with Crippen LogP contribution in [0, 0.1) is 6.92 Å². The molecule has 0 aliphatic carbocycles. The van der Waals surface area contributed by atoms with Crippen molar-refractivity contribution in [2.75, 3.05) is 46.4 Å². The van der Waals surface area contributed by atoms with E-state index in [4.69, 9.17) is 4.74 Å². The van der Waals surface area contributed by atoms with Crippen LogP contribution in [-0.4, -0.2) is 57.3 Å². The van der Waals surface area contributed by atoms with Gasteiger partial charge in [0.05, 0.1) is 19.8 Å². The van der Waals surface area contributed by atoms with E-state index in [0.717, 1.165) is 51.8 Å². The first-order valence-corrected chi connectivity index (χ1v) is 8.89. The van der Waals surface area contributed by atoms with Gasteiger partial charge in [0, 0.05) is 36.4 Å². The maximum Gasteiger partial charge on any atom is 0.191 e. The van der Waals surface area contributed by atoms with Crippen LogP contribution in [0.4, 0.5) is 0 Å². The summed E-state index contributed by atoms with van der Waals surface area (Å²) in [5, 5.41) is 6.75. The second-order valence-electron chi connectivity index (χ2n) is 5.53. The molecule has 0 aromatic carbocycles. The van der Waals surface area contributed by atoms with Gasteiger partial charge < -0.3 is 15.4 Å². The Kier molecular flexibility index (Phi) is 10.8. The minimum Gasteiger partial charge on any atom is -0.379 e. The Morgan fingerprint density at radius 3 is 2.70 bits per heavy atom. The molecule has 132 valence electrons. The molecular formula is C16H29IN4OS. The SMILES string of the molecule is CN=C(NCCCCN1CCOCC1)NCc1ccc(C)s1.I. The Balaban J connectivity index is 0.00000264. The predicted octanol–water partition coefficient (Wildman–Crippen LogP) is 2.45. The van der Waals surface area contributed by atoms with Crippen LogP contribution in [0.5, 0.6) is 0 Å². The zero-order valence-electron chi connectivity index (χ0n) is 14.1. The fraction of sp³-hybridized carbons (Fsp3) is 0.688. The molecule has 23 heavy (non-hydrogen) atoms. The topological polar surface area (TPSA) is 48.9 Å². The van der Waals surface area contributed by atoms with E-state index >= 15 is 0 Å². The molecule has 7 heteroatoms. The highest BCUT2D eigenvalue weighted by Gasteiger charge is 2.09. The fourth-order valence-corrected chi connectivity index (χ4v) is 3.29. The number of ether oxygens (including phenoxy) is 1. The zero-order chi connectivity index (χ0) is 15.6. The summed E-state index contributed by atoms with van der Waals surface area (Å²) in [6, 6.07) is 4.33. The summed E-state index contributed by atoms with van der Waals surface area (Å²) in [5.41, 5.74) is 0. The third-order valence-corrected chi connectivity index (χ3v) is 4.75. The average Bonchev–Trinajstić information content (AvgIpc) is 2.96. The quantitative estimate of drug-likeness (QED) is 0.289. The average molecular weight is 452 g/mol. The van der Waals surface area contributed by atoms with Gasteiger partial charge in [0.1, 0.15) is 0 Å². The van der Waals surface area contributed by atoms with Crippen LogP contribution >= 0.6 is 35.3 Å². The number of rotatable bonds is 7. The number of aliphatic imine (C=N–C) groups is 1. The van der Waals surface area contributed by atoms with Crippen LogP contribution in [0.25, 0.3) is 0 Å². The lowest BCUT2D eigenvalue weighted by Gasteiger charge is -2.26. The predicted molar refractivity (Wildman–Crippen MR) is 109 cm³/mol. The first-order valence-electron chi connectivity index (χ1n) is 8.08. The molecule has 1 aliphatic heterocycles. The normalized spacial score (nSPS) is 16.0. The molecule has 0 spiro atoms. The van der Waals surface area contributed by atoms with Gasteiger partial charge in [0.15, 0.2) is 5.96 Å². The molecule has 0 radical (unpaired) electrons. The monoisotopic (exact) mass is 452 g/mol. The Bertz CT molecular complexity index is 461. The Morgan fingerprint density at radius 2 is 2.04 bits per heavy atom. The second-order valence-corrected chi connectivity index (χ2v) is 6.90. The number of thiophene rings is 1. The highest BCUT2D eigenvalue weighted by molar-refractivity contribution is 14.0. The number of unbranched alkanes of at least 4 members (excludes halogenated alkanes) is 1. The number of morpholine rings is 1. The molecule has 1 aromatic rings. The van der Waals surface area contributed by atoms with E-state index in [2.05, 4.69) is 39.6 Å². The van der Waals surface area contributed by atoms with Crippen molar-refractivity contribution < 1.29 is 4.74 Å². The maximum absolute atomic E-state index is 5.36. The van der Waals surface area contributed by atoms with Crippen LogP contribution < -0.4 is 10.6 Å². The van der Waals surface area contributed by atoms with Crippen LogP contribution in [0.3, 0.4) is 0 Å². The molecular weight excluding hydrogens is 423 g/mol. The number of nitrogens with zero attached hydrogens (tertiary/aromatic N) is 2. The molecule has 2 rings (SSSR count). The van der Waals surface area contributed by atoms with Gasteiger partial charge in [-0.15, -0.1) is 35.3 Å².